The summed E-state index contributed by atoms with van der Waals surface area (Å²) in [5, 5.41) is 0. The van der Waals surface area contributed by atoms with Gasteiger partial charge in [0.1, 0.15) is 0 Å². The Labute approximate surface area is 89.8 Å². The summed E-state index contributed by atoms with van der Waals surface area (Å²) < 4.78 is 0. The topological polar surface area (TPSA) is 3.24 Å². The Hall–Kier alpha value is -0.980. The molecule has 0 aromatic heterocycles. The quantitative estimate of drug-likeness (QED) is 0.615. The molecule has 0 amide bonds. The number of hydrogen-bond acceptors (Lipinski definition) is 1. The van der Waals surface area contributed by atoms with E-state index in [2.05, 4.69) is 36.1 Å². The molecule has 0 spiro atoms. The maximum absolute atomic E-state index is 2.12. The van der Waals surface area contributed by atoms with Gasteiger partial charge in [-0.25, -0.2) is 0 Å². The van der Waals surface area contributed by atoms with E-state index >= 15 is 0 Å². The molecule has 0 bridgehead atoms. The molecule has 0 radical (unpaired) electrons. The molecule has 0 aliphatic heterocycles. The standard InChI is InChI=1S/C11H19N.C2H6/c1-6-10(3)8-9-11(7-2)12(4)5;1-2/h6-9H,1-5H3;1-2H3/b9-8-,10-6-,11-7+;. The molecule has 0 fully saturated rings. The molecule has 0 rings (SSSR count). The lowest BCUT2D eigenvalue weighted by Crippen LogP contribution is -2.08. The van der Waals surface area contributed by atoms with E-state index in [-0.39, 0.29) is 0 Å². The molecule has 82 valence electrons. The number of nitrogens with zero attached hydrogens (tertiary/aromatic N) is 1. The second-order valence-electron chi connectivity index (χ2n) is 2.97. The van der Waals surface area contributed by atoms with Gasteiger partial charge in [-0.2, -0.15) is 0 Å². The predicted molar refractivity (Wildman–Crippen MR) is 67.4 cm³/mol. The van der Waals surface area contributed by atoms with E-state index in [1.807, 2.05) is 41.8 Å². The molecule has 0 N–H and O–H groups in total. The first kappa shape index (κ1) is 15.5. The number of rotatable bonds is 3. The molecule has 14 heavy (non-hydrogen) atoms. The van der Waals surface area contributed by atoms with E-state index in [0.717, 1.165) is 0 Å². The van der Waals surface area contributed by atoms with Crippen molar-refractivity contribution in [1.82, 2.24) is 4.90 Å². The van der Waals surface area contributed by atoms with Crippen LogP contribution in [-0.4, -0.2) is 19.0 Å². The van der Waals surface area contributed by atoms with Crippen LogP contribution in [-0.2, 0) is 0 Å². The average Bonchev–Trinajstić information content (AvgIpc) is 2.21. The van der Waals surface area contributed by atoms with Gasteiger partial charge in [0.05, 0.1) is 0 Å². The fourth-order valence-corrected chi connectivity index (χ4v) is 0.817. The van der Waals surface area contributed by atoms with Crippen LogP contribution in [0.2, 0.25) is 0 Å². The van der Waals surface area contributed by atoms with Crippen molar-refractivity contribution in [2.45, 2.75) is 34.6 Å². The minimum Gasteiger partial charge on any atom is -0.378 e. The van der Waals surface area contributed by atoms with E-state index in [0.29, 0.717) is 0 Å². The van der Waals surface area contributed by atoms with Crippen LogP contribution in [0.15, 0.2) is 35.6 Å². The molecular weight excluding hydrogens is 170 g/mol. The largest absolute Gasteiger partial charge is 0.378 e. The molecule has 0 unspecified atom stereocenters. The van der Waals surface area contributed by atoms with Crippen LogP contribution in [0, 0.1) is 0 Å². The van der Waals surface area contributed by atoms with Gasteiger partial charge in [-0.15, -0.1) is 0 Å². The van der Waals surface area contributed by atoms with Crippen LogP contribution in [0.1, 0.15) is 34.6 Å². The van der Waals surface area contributed by atoms with Crippen molar-refractivity contribution < 1.29 is 0 Å². The molecule has 0 aromatic rings. The van der Waals surface area contributed by atoms with Crippen LogP contribution in [0.4, 0.5) is 0 Å². The lowest BCUT2D eigenvalue weighted by Gasteiger charge is -2.12. The van der Waals surface area contributed by atoms with E-state index in [1.165, 1.54) is 11.3 Å². The van der Waals surface area contributed by atoms with Crippen LogP contribution in [0.25, 0.3) is 0 Å². The monoisotopic (exact) mass is 195 g/mol. The maximum Gasteiger partial charge on any atom is 0.0317 e. The maximum atomic E-state index is 2.12. The van der Waals surface area contributed by atoms with Gasteiger partial charge < -0.3 is 4.90 Å². The summed E-state index contributed by atoms with van der Waals surface area (Å²) in [6.07, 6.45) is 8.43. The summed E-state index contributed by atoms with van der Waals surface area (Å²) in [5.41, 5.74) is 2.52. The first-order valence-corrected chi connectivity index (χ1v) is 5.26. The zero-order valence-corrected chi connectivity index (χ0v) is 10.8. The summed E-state index contributed by atoms with van der Waals surface area (Å²) in [7, 11) is 4.09. The van der Waals surface area contributed by atoms with Gasteiger partial charge in [-0.3, -0.25) is 0 Å². The second-order valence-corrected chi connectivity index (χ2v) is 2.97. The summed E-state index contributed by atoms with van der Waals surface area (Å²) >= 11 is 0. The van der Waals surface area contributed by atoms with Gasteiger partial charge >= 0.3 is 0 Å². The van der Waals surface area contributed by atoms with Crippen molar-refractivity contribution in [3.8, 4) is 0 Å². The molecule has 0 aliphatic rings. The smallest absolute Gasteiger partial charge is 0.0317 e. The predicted octanol–water partition coefficient (Wildman–Crippen LogP) is 4.00. The van der Waals surface area contributed by atoms with Crippen molar-refractivity contribution in [1.29, 1.82) is 0 Å². The van der Waals surface area contributed by atoms with Crippen LogP contribution < -0.4 is 0 Å². The second kappa shape index (κ2) is 10.1. The number of likely N-dealkylation sites (N-methyl/N-ethyl adjacent to an activating group) is 1. The first-order valence-electron chi connectivity index (χ1n) is 5.26. The summed E-state index contributed by atoms with van der Waals surface area (Å²) in [5.74, 6) is 0. The van der Waals surface area contributed by atoms with Crippen molar-refractivity contribution in [3.05, 3.63) is 35.6 Å². The Balaban J connectivity index is 0. The zero-order chi connectivity index (χ0) is 11.6. The minimum atomic E-state index is 1.23. The van der Waals surface area contributed by atoms with E-state index in [4.69, 9.17) is 0 Å². The Morgan fingerprint density at radius 3 is 1.71 bits per heavy atom. The molecular formula is C13H25N. The molecule has 0 saturated carbocycles. The molecule has 1 nitrogen and oxygen atoms in total. The van der Waals surface area contributed by atoms with Crippen molar-refractivity contribution in [2.24, 2.45) is 0 Å². The van der Waals surface area contributed by atoms with Gasteiger partial charge in [0.2, 0.25) is 0 Å². The Bertz CT molecular complexity index is 207. The number of allylic oxidation sites excluding steroid dienone is 5. The fourth-order valence-electron chi connectivity index (χ4n) is 0.817. The Morgan fingerprint density at radius 1 is 0.929 bits per heavy atom. The third-order valence-corrected chi connectivity index (χ3v) is 1.78. The SMILES string of the molecule is CC.C\C=C(C)/C=C\C(=C/C)N(C)C. The van der Waals surface area contributed by atoms with Crippen LogP contribution in [0.5, 0.6) is 0 Å². The molecule has 1 heteroatoms. The van der Waals surface area contributed by atoms with Gasteiger partial charge in [0.25, 0.3) is 0 Å². The third-order valence-electron chi connectivity index (χ3n) is 1.78. The average molecular weight is 195 g/mol. The van der Waals surface area contributed by atoms with Gasteiger partial charge in [0, 0.05) is 19.8 Å². The highest BCUT2D eigenvalue weighted by molar-refractivity contribution is 5.24. The molecule has 0 heterocycles. The van der Waals surface area contributed by atoms with Crippen LogP contribution >= 0.6 is 0 Å². The number of hydrogen-bond donors (Lipinski definition) is 0. The molecule has 0 saturated heterocycles. The highest BCUT2D eigenvalue weighted by Crippen LogP contribution is 2.03. The Kier molecular flexibility index (Phi) is 11.2. The van der Waals surface area contributed by atoms with Gasteiger partial charge in [-0.05, 0) is 26.8 Å². The van der Waals surface area contributed by atoms with E-state index in [1.54, 1.807) is 0 Å². The van der Waals surface area contributed by atoms with Crippen molar-refractivity contribution in [3.63, 3.8) is 0 Å². The summed E-state index contributed by atoms with van der Waals surface area (Å²) in [4.78, 5) is 2.10. The Morgan fingerprint density at radius 2 is 1.43 bits per heavy atom. The molecule has 0 aromatic carbocycles. The van der Waals surface area contributed by atoms with E-state index in [9.17, 15) is 0 Å². The normalized spacial score (nSPS) is 12.5. The van der Waals surface area contributed by atoms with Crippen molar-refractivity contribution >= 4 is 0 Å². The summed E-state index contributed by atoms with van der Waals surface area (Å²) in [6.45, 7) is 10.2. The van der Waals surface area contributed by atoms with Crippen LogP contribution in [0.3, 0.4) is 0 Å². The summed E-state index contributed by atoms with van der Waals surface area (Å²) in [6, 6.07) is 0. The lowest BCUT2D eigenvalue weighted by molar-refractivity contribution is 0.529. The highest BCUT2D eigenvalue weighted by atomic mass is 15.1. The first-order chi connectivity index (χ1) is 6.61. The van der Waals surface area contributed by atoms with E-state index < -0.39 is 0 Å². The highest BCUT2D eigenvalue weighted by Gasteiger charge is 1.90. The minimum absolute atomic E-state index is 1.23. The third kappa shape index (κ3) is 7.66. The van der Waals surface area contributed by atoms with Crippen molar-refractivity contribution in [2.75, 3.05) is 14.1 Å². The molecule has 0 atom stereocenters. The van der Waals surface area contributed by atoms with Gasteiger partial charge in [0.15, 0.2) is 0 Å². The zero-order valence-electron chi connectivity index (χ0n) is 10.8. The molecule has 0 aliphatic carbocycles. The fraction of sp³-hybridized carbons (Fsp3) is 0.538. The lowest BCUT2D eigenvalue weighted by atomic mass is 10.2. The van der Waals surface area contributed by atoms with Gasteiger partial charge in [-0.1, -0.05) is 37.6 Å².